The van der Waals surface area contributed by atoms with E-state index in [0.717, 1.165) is 11.3 Å². The van der Waals surface area contributed by atoms with E-state index < -0.39 is 0 Å². The molecule has 29 heavy (non-hydrogen) atoms. The summed E-state index contributed by atoms with van der Waals surface area (Å²) < 4.78 is 15.7. The summed E-state index contributed by atoms with van der Waals surface area (Å²) in [6.45, 7) is 6.47. The van der Waals surface area contributed by atoms with E-state index in [-0.39, 0.29) is 11.7 Å². The number of anilines is 1. The van der Waals surface area contributed by atoms with Crippen molar-refractivity contribution in [1.29, 1.82) is 0 Å². The van der Waals surface area contributed by atoms with Gasteiger partial charge in [-0.25, -0.2) is 4.39 Å². The number of benzene rings is 2. The molecule has 0 atom stereocenters. The number of hydrogen-bond donors (Lipinski definition) is 0. The second-order valence-electron chi connectivity index (χ2n) is 7.57. The molecule has 5 nitrogen and oxygen atoms in total. The molecule has 1 aliphatic heterocycles. The van der Waals surface area contributed by atoms with Gasteiger partial charge in [0.25, 0.3) is 5.91 Å². The van der Waals surface area contributed by atoms with Gasteiger partial charge >= 0.3 is 0 Å². The number of hydrogen-bond acceptors (Lipinski definition) is 3. The molecule has 0 unspecified atom stereocenters. The van der Waals surface area contributed by atoms with E-state index in [1.54, 1.807) is 23.9 Å². The molecule has 1 amide bonds. The zero-order chi connectivity index (χ0) is 20.5. The smallest absolute Gasteiger partial charge is 0.272 e. The van der Waals surface area contributed by atoms with Crippen molar-refractivity contribution in [3.8, 4) is 11.3 Å². The van der Waals surface area contributed by atoms with E-state index in [1.807, 2.05) is 28.0 Å². The lowest BCUT2D eigenvalue weighted by atomic mass is 10.0. The van der Waals surface area contributed by atoms with Crippen molar-refractivity contribution in [2.75, 3.05) is 31.1 Å². The Morgan fingerprint density at radius 2 is 1.69 bits per heavy atom. The minimum atomic E-state index is -0.225. The first-order valence-corrected chi connectivity index (χ1v) is 9.84. The predicted octanol–water partition coefficient (Wildman–Crippen LogP) is 3.81. The Morgan fingerprint density at radius 3 is 2.38 bits per heavy atom. The molecule has 1 aromatic heterocycles. The Kier molecular flexibility index (Phi) is 5.09. The fourth-order valence-electron chi connectivity index (χ4n) is 3.73. The normalized spacial score (nSPS) is 14.3. The first-order chi connectivity index (χ1) is 13.9. The van der Waals surface area contributed by atoms with Gasteiger partial charge in [0, 0.05) is 38.8 Å². The average Bonchev–Trinajstić information content (AvgIpc) is 3.12. The van der Waals surface area contributed by atoms with E-state index in [4.69, 9.17) is 0 Å². The lowest BCUT2D eigenvalue weighted by Crippen LogP contribution is -2.49. The van der Waals surface area contributed by atoms with Crippen LogP contribution in [-0.4, -0.2) is 46.8 Å². The van der Waals surface area contributed by atoms with Crippen LogP contribution in [0.3, 0.4) is 0 Å². The lowest BCUT2D eigenvalue weighted by Gasteiger charge is -2.36. The van der Waals surface area contributed by atoms with Crippen LogP contribution in [0.2, 0.25) is 0 Å². The highest BCUT2D eigenvalue weighted by Gasteiger charge is 2.26. The molecule has 0 aliphatic carbocycles. The van der Waals surface area contributed by atoms with E-state index in [1.165, 1.54) is 17.2 Å². The molecule has 0 N–H and O–H groups in total. The minimum absolute atomic E-state index is 0.0386. The molecule has 6 heteroatoms. The zero-order valence-corrected chi connectivity index (χ0v) is 17.0. The summed E-state index contributed by atoms with van der Waals surface area (Å²) >= 11 is 0. The number of halogens is 1. The number of piperazine rings is 1. The third kappa shape index (κ3) is 3.75. The van der Waals surface area contributed by atoms with E-state index >= 15 is 0 Å². The Morgan fingerprint density at radius 1 is 0.966 bits per heavy atom. The maximum atomic E-state index is 14.0. The first-order valence-electron chi connectivity index (χ1n) is 9.84. The maximum absolute atomic E-state index is 14.0. The van der Waals surface area contributed by atoms with Crippen LogP contribution >= 0.6 is 0 Å². The number of para-hydroxylation sites is 1. The van der Waals surface area contributed by atoms with Gasteiger partial charge in [-0.15, -0.1) is 0 Å². The molecule has 0 radical (unpaired) electrons. The second-order valence-corrected chi connectivity index (χ2v) is 7.57. The van der Waals surface area contributed by atoms with Gasteiger partial charge in [-0.2, -0.15) is 5.10 Å². The Labute approximate surface area is 170 Å². The highest BCUT2D eigenvalue weighted by Crippen LogP contribution is 2.24. The maximum Gasteiger partial charge on any atom is 0.272 e. The first kappa shape index (κ1) is 19.2. The van der Waals surface area contributed by atoms with Gasteiger partial charge in [-0.05, 0) is 49.2 Å². The van der Waals surface area contributed by atoms with Crippen LogP contribution in [0.1, 0.15) is 21.6 Å². The number of nitrogens with zero attached hydrogens (tertiary/aromatic N) is 4. The zero-order valence-electron chi connectivity index (χ0n) is 17.0. The molecule has 150 valence electrons. The van der Waals surface area contributed by atoms with Crippen LogP contribution in [0.15, 0.2) is 48.5 Å². The Balaban J connectivity index is 1.49. The molecular formula is C23H25FN4O. The minimum Gasteiger partial charge on any atom is -0.366 e. The number of carbonyl (C=O) groups is 1. The van der Waals surface area contributed by atoms with Gasteiger partial charge in [0.1, 0.15) is 11.5 Å². The molecule has 0 bridgehead atoms. The molecule has 2 heterocycles. The van der Waals surface area contributed by atoms with Gasteiger partial charge in [-0.3, -0.25) is 9.48 Å². The summed E-state index contributed by atoms with van der Waals surface area (Å²) in [7, 11) is 1.80. The SMILES string of the molecule is Cc1ccc(-c2cc(C(=O)N3CCN(c4ccccc4F)CC3)n(C)n2)cc1C. The van der Waals surface area contributed by atoms with Crippen LogP contribution in [0.4, 0.5) is 10.1 Å². The third-order valence-electron chi connectivity index (χ3n) is 5.66. The molecule has 2 aromatic carbocycles. The quantitative estimate of drug-likeness (QED) is 0.681. The van der Waals surface area contributed by atoms with Crippen molar-refractivity contribution in [3.63, 3.8) is 0 Å². The van der Waals surface area contributed by atoms with Crippen molar-refractivity contribution in [2.24, 2.45) is 7.05 Å². The van der Waals surface area contributed by atoms with E-state index in [2.05, 4.69) is 31.1 Å². The summed E-state index contributed by atoms with van der Waals surface area (Å²) in [5, 5.41) is 4.55. The van der Waals surface area contributed by atoms with Crippen molar-refractivity contribution < 1.29 is 9.18 Å². The number of amides is 1. The van der Waals surface area contributed by atoms with Gasteiger partial charge in [0.15, 0.2) is 0 Å². The molecule has 1 fully saturated rings. The number of aryl methyl sites for hydroxylation is 3. The summed E-state index contributed by atoms with van der Waals surface area (Å²) in [4.78, 5) is 16.9. The molecule has 1 aliphatic rings. The fourth-order valence-corrected chi connectivity index (χ4v) is 3.73. The average molecular weight is 392 g/mol. The van der Waals surface area contributed by atoms with E-state index in [0.29, 0.717) is 37.6 Å². The van der Waals surface area contributed by atoms with Crippen LogP contribution in [-0.2, 0) is 7.05 Å². The fraction of sp³-hybridized carbons (Fsp3) is 0.304. The van der Waals surface area contributed by atoms with Crippen molar-refractivity contribution in [3.05, 3.63) is 71.2 Å². The largest absolute Gasteiger partial charge is 0.366 e. The predicted molar refractivity (Wildman–Crippen MR) is 113 cm³/mol. The summed E-state index contributed by atoms with van der Waals surface area (Å²) in [5.74, 6) is -0.264. The summed E-state index contributed by atoms with van der Waals surface area (Å²) in [5.41, 5.74) is 5.39. The summed E-state index contributed by atoms with van der Waals surface area (Å²) in [6.07, 6.45) is 0. The highest BCUT2D eigenvalue weighted by molar-refractivity contribution is 5.94. The van der Waals surface area contributed by atoms with Crippen molar-refractivity contribution >= 4 is 11.6 Å². The second kappa shape index (κ2) is 7.70. The summed E-state index contributed by atoms with van der Waals surface area (Å²) in [6, 6.07) is 14.8. The topological polar surface area (TPSA) is 41.4 Å². The highest BCUT2D eigenvalue weighted by atomic mass is 19.1. The van der Waals surface area contributed by atoms with Crippen LogP contribution in [0.25, 0.3) is 11.3 Å². The van der Waals surface area contributed by atoms with Crippen LogP contribution < -0.4 is 4.90 Å². The lowest BCUT2D eigenvalue weighted by molar-refractivity contribution is 0.0735. The van der Waals surface area contributed by atoms with E-state index in [9.17, 15) is 9.18 Å². The van der Waals surface area contributed by atoms with Crippen LogP contribution in [0, 0.1) is 19.7 Å². The van der Waals surface area contributed by atoms with Crippen LogP contribution in [0.5, 0.6) is 0 Å². The molecule has 0 saturated carbocycles. The van der Waals surface area contributed by atoms with Gasteiger partial charge in [-0.1, -0.05) is 24.3 Å². The number of rotatable bonds is 3. The van der Waals surface area contributed by atoms with Crippen molar-refractivity contribution in [2.45, 2.75) is 13.8 Å². The van der Waals surface area contributed by atoms with Crippen molar-refractivity contribution in [1.82, 2.24) is 14.7 Å². The Bertz CT molecular complexity index is 1050. The molecule has 4 rings (SSSR count). The van der Waals surface area contributed by atoms with Gasteiger partial charge < -0.3 is 9.80 Å². The monoisotopic (exact) mass is 392 g/mol. The number of carbonyl (C=O) groups excluding carboxylic acids is 1. The molecular weight excluding hydrogens is 367 g/mol. The Hall–Kier alpha value is -3.15. The number of aromatic nitrogens is 2. The standard InChI is InChI=1S/C23H25FN4O/c1-16-8-9-18(14-17(16)2)20-15-22(26(3)25-20)23(29)28-12-10-27(11-13-28)21-7-5-4-6-19(21)24/h4-9,14-15H,10-13H2,1-3H3. The molecule has 0 spiro atoms. The molecule has 3 aromatic rings. The molecule has 1 saturated heterocycles. The van der Waals surface area contributed by atoms with Gasteiger partial charge in [0.05, 0.1) is 11.4 Å². The van der Waals surface area contributed by atoms with Gasteiger partial charge in [0.2, 0.25) is 0 Å². The third-order valence-corrected chi connectivity index (χ3v) is 5.66.